The van der Waals surface area contributed by atoms with Gasteiger partial charge in [-0.2, -0.15) is 0 Å². The Balaban J connectivity index is 2.01. The molecule has 2 amide bonds. The molecule has 9 heteroatoms. The number of nitrogens with one attached hydrogen (secondary N) is 3. The first-order valence-corrected chi connectivity index (χ1v) is 10.3. The van der Waals surface area contributed by atoms with E-state index in [-0.39, 0.29) is 16.9 Å². The van der Waals surface area contributed by atoms with Crippen LogP contribution in [0.25, 0.3) is 0 Å². The Morgan fingerprint density at radius 1 is 1.10 bits per heavy atom. The van der Waals surface area contributed by atoms with Gasteiger partial charge < -0.3 is 20.1 Å². The van der Waals surface area contributed by atoms with E-state index in [0.29, 0.717) is 42.1 Å². The highest BCUT2D eigenvalue weighted by atomic mass is 127. The Labute approximate surface area is 188 Å². The smallest absolute Gasteiger partial charge is 0.257 e. The Hall–Kier alpha value is -2.24. The first-order chi connectivity index (χ1) is 14.0. The fraction of sp³-hybridized carbons (Fsp3) is 0.250. The summed E-state index contributed by atoms with van der Waals surface area (Å²) >= 11 is 7.34. The number of anilines is 1. The van der Waals surface area contributed by atoms with Gasteiger partial charge in [-0.3, -0.25) is 14.9 Å². The number of carbonyl (C=O) groups is 2. The maximum Gasteiger partial charge on any atom is 0.257 e. The number of benzene rings is 2. The lowest BCUT2D eigenvalue weighted by Crippen LogP contribution is -2.35. The second kappa shape index (κ2) is 11.7. The summed E-state index contributed by atoms with van der Waals surface area (Å²) in [5.74, 6) is 0.0981. The van der Waals surface area contributed by atoms with Crippen molar-refractivity contribution in [3.63, 3.8) is 0 Å². The lowest BCUT2D eigenvalue weighted by atomic mass is 10.1. The van der Waals surface area contributed by atoms with Gasteiger partial charge in [0.05, 0.1) is 21.9 Å². The zero-order valence-corrected chi connectivity index (χ0v) is 19.1. The standard InChI is InChI=1S/C20H22IN3O4S/c1-27-11-5-10-22-19(26)14-6-3-4-7-16(14)23-20(29)24-18(25)13-8-9-17(28-2)15(21)12-13/h3-4,6-9,12H,5,10-11H2,1-2H3,(H,22,26)(H2,23,24,25,29). The monoisotopic (exact) mass is 527 g/mol. The zero-order valence-electron chi connectivity index (χ0n) is 16.1. The summed E-state index contributed by atoms with van der Waals surface area (Å²) in [6.07, 6.45) is 0.715. The molecule has 0 aliphatic heterocycles. The molecule has 0 atom stereocenters. The summed E-state index contributed by atoms with van der Waals surface area (Å²) in [5, 5.41) is 8.47. The van der Waals surface area contributed by atoms with Crippen LogP contribution < -0.4 is 20.7 Å². The summed E-state index contributed by atoms with van der Waals surface area (Å²) in [5.41, 5.74) is 1.38. The maximum atomic E-state index is 12.4. The molecule has 7 nitrogen and oxygen atoms in total. The number of carbonyl (C=O) groups excluding carboxylic acids is 2. The predicted octanol–water partition coefficient (Wildman–Crippen LogP) is 3.19. The van der Waals surface area contributed by atoms with Crippen LogP contribution in [-0.4, -0.2) is 44.3 Å². The topological polar surface area (TPSA) is 88.7 Å². The number of hydrogen-bond acceptors (Lipinski definition) is 5. The van der Waals surface area contributed by atoms with Crippen LogP contribution in [-0.2, 0) is 4.74 Å². The molecule has 0 radical (unpaired) electrons. The van der Waals surface area contributed by atoms with Crippen LogP contribution in [0, 0.1) is 3.57 Å². The lowest BCUT2D eigenvalue weighted by molar-refractivity contribution is 0.0947. The van der Waals surface area contributed by atoms with Crippen LogP contribution in [0.2, 0.25) is 0 Å². The molecule has 2 aromatic carbocycles. The van der Waals surface area contributed by atoms with E-state index >= 15 is 0 Å². The van der Waals surface area contributed by atoms with Gasteiger partial charge in [-0.05, 0) is 71.6 Å². The minimum absolute atomic E-state index is 0.0976. The normalized spacial score (nSPS) is 10.2. The number of amides is 2. The van der Waals surface area contributed by atoms with Crippen LogP contribution in [0.4, 0.5) is 5.69 Å². The fourth-order valence-corrected chi connectivity index (χ4v) is 3.38. The SMILES string of the molecule is COCCCNC(=O)c1ccccc1NC(=S)NC(=O)c1ccc(OC)c(I)c1. The first kappa shape index (κ1) is 23.0. The van der Waals surface area contributed by atoms with Crippen molar-refractivity contribution in [3.05, 3.63) is 57.2 Å². The first-order valence-electron chi connectivity index (χ1n) is 8.78. The molecule has 0 aromatic heterocycles. The second-order valence-corrected chi connectivity index (χ2v) is 7.48. The molecule has 0 aliphatic carbocycles. The van der Waals surface area contributed by atoms with Gasteiger partial charge >= 0.3 is 0 Å². The number of methoxy groups -OCH3 is 2. The van der Waals surface area contributed by atoms with Gasteiger partial charge in [0.15, 0.2) is 5.11 Å². The summed E-state index contributed by atoms with van der Waals surface area (Å²) in [4.78, 5) is 24.9. The van der Waals surface area contributed by atoms with Gasteiger partial charge in [-0.15, -0.1) is 0 Å². The van der Waals surface area contributed by atoms with Crippen molar-refractivity contribution in [1.29, 1.82) is 0 Å². The summed E-state index contributed by atoms with van der Waals surface area (Å²) in [6, 6.07) is 12.0. The molecule has 29 heavy (non-hydrogen) atoms. The highest BCUT2D eigenvalue weighted by Crippen LogP contribution is 2.21. The third kappa shape index (κ3) is 6.94. The molecule has 2 rings (SSSR count). The summed E-state index contributed by atoms with van der Waals surface area (Å²) in [7, 11) is 3.19. The minimum Gasteiger partial charge on any atom is -0.496 e. The van der Waals surface area contributed by atoms with E-state index in [1.54, 1.807) is 56.7 Å². The van der Waals surface area contributed by atoms with Crippen molar-refractivity contribution < 1.29 is 19.1 Å². The van der Waals surface area contributed by atoms with Gasteiger partial charge in [0, 0.05) is 25.8 Å². The van der Waals surface area contributed by atoms with Crippen LogP contribution in [0.5, 0.6) is 5.75 Å². The molecule has 0 unspecified atom stereocenters. The van der Waals surface area contributed by atoms with Gasteiger partial charge in [0.1, 0.15) is 5.75 Å². The van der Waals surface area contributed by atoms with E-state index in [1.807, 2.05) is 0 Å². The molecule has 2 aromatic rings. The highest BCUT2D eigenvalue weighted by Gasteiger charge is 2.14. The molecule has 0 aliphatic rings. The number of hydrogen-bond donors (Lipinski definition) is 3. The van der Waals surface area contributed by atoms with Crippen LogP contribution in [0.1, 0.15) is 27.1 Å². The number of rotatable bonds is 8. The van der Waals surface area contributed by atoms with Crippen LogP contribution in [0.15, 0.2) is 42.5 Å². The second-order valence-electron chi connectivity index (χ2n) is 5.91. The Bertz CT molecular complexity index is 892. The van der Waals surface area contributed by atoms with E-state index in [2.05, 4.69) is 38.5 Å². The summed E-state index contributed by atoms with van der Waals surface area (Å²) in [6.45, 7) is 1.07. The van der Waals surface area contributed by atoms with Crippen molar-refractivity contribution in [2.45, 2.75) is 6.42 Å². The van der Waals surface area contributed by atoms with E-state index in [1.165, 1.54) is 0 Å². The van der Waals surface area contributed by atoms with Gasteiger partial charge in [-0.25, -0.2) is 0 Å². The lowest BCUT2D eigenvalue weighted by Gasteiger charge is -2.14. The van der Waals surface area contributed by atoms with E-state index in [0.717, 1.165) is 3.57 Å². The third-order valence-electron chi connectivity index (χ3n) is 3.87. The van der Waals surface area contributed by atoms with Crippen LogP contribution >= 0.6 is 34.8 Å². The highest BCUT2D eigenvalue weighted by molar-refractivity contribution is 14.1. The average Bonchev–Trinajstić information content (AvgIpc) is 2.71. The quantitative estimate of drug-likeness (QED) is 0.278. The van der Waals surface area contributed by atoms with E-state index < -0.39 is 0 Å². The Morgan fingerprint density at radius 2 is 1.86 bits per heavy atom. The van der Waals surface area contributed by atoms with Gasteiger partial charge in [0.25, 0.3) is 11.8 Å². The molecule has 0 heterocycles. The number of thiocarbonyl (C=S) groups is 1. The molecule has 0 spiro atoms. The third-order valence-corrected chi connectivity index (χ3v) is 4.92. The average molecular weight is 527 g/mol. The molecule has 0 saturated heterocycles. The van der Waals surface area contributed by atoms with Gasteiger partial charge in [-0.1, -0.05) is 12.1 Å². The largest absolute Gasteiger partial charge is 0.496 e. The predicted molar refractivity (Wildman–Crippen MR) is 125 cm³/mol. The molecular formula is C20H22IN3O4S. The zero-order chi connectivity index (χ0) is 21.2. The summed E-state index contributed by atoms with van der Waals surface area (Å²) < 4.78 is 11.0. The molecular weight excluding hydrogens is 505 g/mol. The molecule has 0 saturated carbocycles. The molecule has 3 N–H and O–H groups in total. The Morgan fingerprint density at radius 3 is 2.55 bits per heavy atom. The maximum absolute atomic E-state index is 12.4. The Kier molecular flexibility index (Phi) is 9.29. The van der Waals surface area contributed by atoms with E-state index in [9.17, 15) is 9.59 Å². The molecule has 0 fully saturated rings. The van der Waals surface area contributed by atoms with Crippen molar-refractivity contribution >= 4 is 57.4 Å². The number of para-hydroxylation sites is 1. The van der Waals surface area contributed by atoms with Gasteiger partial charge in [0.2, 0.25) is 0 Å². The number of ether oxygens (including phenoxy) is 2. The van der Waals surface area contributed by atoms with E-state index in [4.69, 9.17) is 21.7 Å². The van der Waals surface area contributed by atoms with Crippen molar-refractivity contribution in [2.75, 3.05) is 32.7 Å². The fourth-order valence-electron chi connectivity index (χ4n) is 2.44. The minimum atomic E-state index is -0.357. The van der Waals surface area contributed by atoms with Crippen molar-refractivity contribution in [3.8, 4) is 5.75 Å². The molecule has 0 bridgehead atoms. The van der Waals surface area contributed by atoms with Crippen molar-refractivity contribution in [2.24, 2.45) is 0 Å². The van der Waals surface area contributed by atoms with Crippen LogP contribution in [0.3, 0.4) is 0 Å². The molecule has 154 valence electrons. The number of halogens is 1. The van der Waals surface area contributed by atoms with Crippen molar-refractivity contribution in [1.82, 2.24) is 10.6 Å².